The van der Waals surface area contributed by atoms with E-state index in [1.807, 2.05) is 0 Å². The molecule has 0 saturated carbocycles. The quantitative estimate of drug-likeness (QED) is 0.627. The average molecular weight is 372 g/mol. The predicted molar refractivity (Wildman–Crippen MR) is 94.7 cm³/mol. The summed E-state index contributed by atoms with van der Waals surface area (Å²) in [6.07, 6.45) is 0. The summed E-state index contributed by atoms with van der Waals surface area (Å²) in [5.74, 6) is -3.03. The summed E-state index contributed by atoms with van der Waals surface area (Å²) in [7, 11) is 2.84. The smallest absolute Gasteiger partial charge is 0.262 e. The van der Waals surface area contributed by atoms with Gasteiger partial charge in [-0.3, -0.25) is 14.6 Å². The zero-order valence-corrected chi connectivity index (χ0v) is 15.6. The van der Waals surface area contributed by atoms with Crippen molar-refractivity contribution in [1.82, 2.24) is 5.06 Å². The van der Waals surface area contributed by atoms with Crippen molar-refractivity contribution in [2.75, 3.05) is 19.9 Å². The number of aliphatic imine (C=N–C) groups is 1. The summed E-state index contributed by atoms with van der Waals surface area (Å²) in [5.41, 5.74) is 10.4. The first-order chi connectivity index (χ1) is 11.5. The maximum Gasteiger partial charge on any atom is 0.262 e. The Bertz CT molecular complexity index is 745. The van der Waals surface area contributed by atoms with Crippen molar-refractivity contribution in [3.05, 3.63) is 29.3 Å². The van der Waals surface area contributed by atoms with Crippen LogP contribution in [0.2, 0.25) is 0 Å². The molecule has 1 aliphatic heterocycles. The molecular formula is C16H22F2N4O2S. The number of nitrogen functional groups attached to an aromatic ring is 1. The number of thioether (sulfide) groups is 1. The van der Waals surface area contributed by atoms with Crippen LogP contribution in [0.15, 0.2) is 17.1 Å². The Hall–Kier alpha value is -1.87. The largest absolute Gasteiger partial charge is 0.399 e. The zero-order chi connectivity index (χ0) is 19.2. The van der Waals surface area contributed by atoms with Gasteiger partial charge < -0.3 is 11.5 Å². The number of anilines is 1. The van der Waals surface area contributed by atoms with Gasteiger partial charge in [0.25, 0.3) is 5.91 Å². The van der Waals surface area contributed by atoms with Gasteiger partial charge in [-0.25, -0.2) is 13.8 Å². The van der Waals surface area contributed by atoms with E-state index in [9.17, 15) is 13.6 Å². The number of amidine groups is 1. The second-order valence-electron chi connectivity index (χ2n) is 6.38. The number of amides is 1. The van der Waals surface area contributed by atoms with Crippen molar-refractivity contribution < 1.29 is 18.4 Å². The van der Waals surface area contributed by atoms with Crippen LogP contribution in [0.25, 0.3) is 0 Å². The highest BCUT2D eigenvalue weighted by Gasteiger charge is 2.55. The molecule has 138 valence electrons. The number of rotatable bonds is 3. The average Bonchev–Trinajstić information content (AvgIpc) is 2.54. The number of carbonyl (C=O) groups excluding carboxylic acids is 1. The van der Waals surface area contributed by atoms with E-state index < -0.39 is 27.8 Å². The summed E-state index contributed by atoms with van der Waals surface area (Å²) in [4.78, 5) is 22.2. The van der Waals surface area contributed by atoms with E-state index in [0.717, 1.165) is 22.9 Å². The van der Waals surface area contributed by atoms with Gasteiger partial charge >= 0.3 is 0 Å². The van der Waals surface area contributed by atoms with Crippen LogP contribution in [0.4, 0.5) is 14.5 Å². The van der Waals surface area contributed by atoms with Gasteiger partial charge in [-0.05, 0) is 26.0 Å². The zero-order valence-electron chi connectivity index (χ0n) is 14.8. The first-order valence-electron chi connectivity index (χ1n) is 7.59. The number of nitrogens with zero attached hydrogens (tertiary/aromatic N) is 2. The molecule has 1 heterocycles. The molecule has 1 aromatic rings. The molecule has 0 aliphatic carbocycles. The Morgan fingerprint density at radius 1 is 1.36 bits per heavy atom. The molecule has 25 heavy (non-hydrogen) atoms. The van der Waals surface area contributed by atoms with Crippen molar-refractivity contribution >= 4 is 28.5 Å². The fourth-order valence-electron chi connectivity index (χ4n) is 3.09. The Kier molecular flexibility index (Phi) is 5.02. The molecule has 2 rings (SSSR count). The molecule has 0 fully saturated rings. The standard InChI is InChI=1S/C16H22F2N4O2S/c1-8-15(2,10-6-9(19)7-11(17)12(10)18)21-14(20)25-16(8,3)13(23)22(4)24-5/h6-8H,19H2,1-5H3,(H2,20,21)/t8-,15-,16-/m0/s1. The van der Waals surface area contributed by atoms with Crippen molar-refractivity contribution in [3.63, 3.8) is 0 Å². The van der Waals surface area contributed by atoms with Crippen LogP contribution in [0.5, 0.6) is 0 Å². The Balaban J connectivity index is 2.66. The van der Waals surface area contributed by atoms with Crippen molar-refractivity contribution in [3.8, 4) is 0 Å². The Morgan fingerprint density at radius 3 is 2.52 bits per heavy atom. The molecule has 6 nitrogen and oxygen atoms in total. The van der Waals surface area contributed by atoms with Gasteiger partial charge in [0.15, 0.2) is 16.8 Å². The third kappa shape index (κ3) is 3.06. The van der Waals surface area contributed by atoms with E-state index in [4.69, 9.17) is 16.3 Å². The lowest BCUT2D eigenvalue weighted by molar-refractivity contribution is -0.173. The number of halogens is 2. The first-order valence-corrected chi connectivity index (χ1v) is 8.40. The van der Waals surface area contributed by atoms with E-state index in [2.05, 4.69) is 4.99 Å². The molecule has 0 bridgehead atoms. The molecule has 0 radical (unpaired) electrons. The van der Waals surface area contributed by atoms with Crippen LogP contribution in [-0.2, 0) is 15.2 Å². The molecule has 0 spiro atoms. The van der Waals surface area contributed by atoms with Gasteiger partial charge in [0.1, 0.15) is 4.75 Å². The molecule has 0 aromatic heterocycles. The monoisotopic (exact) mass is 372 g/mol. The number of benzene rings is 1. The lowest BCUT2D eigenvalue weighted by Gasteiger charge is -2.47. The van der Waals surface area contributed by atoms with Crippen LogP contribution in [0, 0.1) is 17.6 Å². The maximum absolute atomic E-state index is 14.5. The summed E-state index contributed by atoms with van der Waals surface area (Å²) in [6.45, 7) is 5.03. The number of hydroxylamine groups is 2. The normalized spacial score (nSPS) is 29.2. The SMILES string of the molecule is CON(C)C(=O)[C@@]1(C)SC(N)=N[C@](C)(c2cc(N)cc(F)c2F)[C@@H]1C. The van der Waals surface area contributed by atoms with E-state index in [1.54, 1.807) is 20.8 Å². The number of hydrogen-bond acceptors (Lipinski definition) is 6. The minimum absolute atomic E-state index is 0.0418. The van der Waals surface area contributed by atoms with Crippen molar-refractivity contribution in [2.45, 2.75) is 31.1 Å². The molecule has 1 amide bonds. The van der Waals surface area contributed by atoms with Gasteiger partial charge in [-0.2, -0.15) is 0 Å². The van der Waals surface area contributed by atoms with Crippen LogP contribution < -0.4 is 11.5 Å². The van der Waals surface area contributed by atoms with Crippen LogP contribution in [0.3, 0.4) is 0 Å². The lowest BCUT2D eigenvalue weighted by Crippen LogP contribution is -2.56. The fourth-order valence-corrected chi connectivity index (χ4v) is 4.38. The highest BCUT2D eigenvalue weighted by atomic mass is 32.2. The Morgan fingerprint density at radius 2 is 1.96 bits per heavy atom. The minimum Gasteiger partial charge on any atom is -0.399 e. The lowest BCUT2D eigenvalue weighted by atomic mass is 9.73. The van der Waals surface area contributed by atoms with Crippen LogP contribution >= 0.6 is 11.8 Å². The molecular weight excluding hydrogens is 350 g/mol. The van der Waals surface area contributed by atoms with E-state index in [0.29, 0.717) is 0 Å². The van der Waals surface area contributed by atoms with Gasteiger partial charge in [-0.1, -0.05) is 18.7 Å². The molecule has 9 heteroatoms. The highest BCUT2D eigenvalue weighted by Crippen LogP contribution is 2.51. The van der Waals surface area contributed by atoms with Gasteiger partial charge in [-0.15, -0.1) is 0 Å². The Labute approximate surface area is 149 Å². The predicted octanol–water partition coefficient (Wildman–Crippen LogP) is 2.24. The topological polar surface area (TPSA) is 93.9 Å². The summed E-state index contributed by atoms with van der Waals surface area (Å²) < 4.78 is 27.3. The van der Waals surface area contributed by atoms with Crippen LogP contribution in [-0.4, -0.2) is 35.0 Å². The van der Waals surface area contributed by atoms with Gasteiger partial charge in [0.05, 0.1) is 12.6 Å². The molecule has 4 N–H and O–H groups in total. The van der Waals surface area contributed by atoms with Crippen LogP contribution in [0.1, 0.15) is 26.3 Å². The van der Waals surface area contributed by atoms with Crippen molar-refractivity contribution in [1.29, 1.82) is 0 Å². The van der Waals surface area contributed by atoms with Crippen molar-refractivity contribution in [2.24, 2.45) is 16.6 Å². The van der Waals surface area contributed by atoms with E-state index in [-0.39, 0.29) is 22.3 Å². The van der Waals surface area contributed by atoms with E-state index in [1.165, 1.54) is 20.2 Å². The number of carbonyl (C=O) groups is 1. The molecule has 0 unspecified atom stereocenters. The molecule has 1 aromatic carbocycles. The number of hydrogen-bond donors (Lipinski definition) is 2. The highest BCUT2D eigenvalue weighted by molar-refractivity contribution is 8.15. The van der Waals surface area contributed by atoms with Gasteiger partial charge in [0.2, 0.25) is 0 Å². The molecule has 1 aliphatic rings. The number of nitrogens with two attached hydrogens (primary N) is 2. The second kappa shape index (κ2) is 6.45. The summed E-state index contributed by atoms with van der Waals surface area (Å²) in [6, 6.07) is 2.23. The first kappa shape index (κ1) is 19.5. The minimum atomic E-state index is -1.28. The summed E-state index contributed by atoms with van der Waals surface area (Å²) in [5, 5.41) is 1.18. The fraction of sp³-hybridized carbons (Fsp3) is 0.500. The molecule has 0 saturated heterocycles. The van der Waals surface area contributed by atoms with Gasteiger partial charge in [0, 0.05) is 24.2 Å². The molecule has 3 atom stereocenters. The van der Waals surface area contributed by atoms with E-state index >= 15 is 0 Å². The second-order valence-corrected chi connectivity index (χ2v) is 7.85. The summed E-state index contributed by atoms with van der Waals surface area (Å²) >= 11 is 1.07. The third-order valence-corrected chi connectivity index (χ3v) is 6.16. The maximum atomic E-state index is 14.5. The third-order valence-electron chi connectivity index (χ3n) is 4.91.